The fourth-order valence-corrected chi connectivity index (χ4v) is 2.15. The van der Waals surface area contributed by atoms with E-state index in [9.17, 15) is 9.59 Å². The number of hydrogen-bond acceptors (Lipinski definition) is 6. The van der Waals surface area contributed by atoms with Gasteiger partial charge in [0.2, 0.25) is 5.75 Å². The Morgan fingerprint density at radius 2 is 1.64 bits per heavy atom. The van der Waals surface area contributed by atoms with Crippen molar-refractivity contribution in [2.75, 3.05) is 34.5 Å². The first-order valence-corrected chi connectivity index (χ1v) is 8.12. The largest absolute Gasteiger partial charge is 0.493 e. The van der Waals surface area contributed by atoms with Crippen molar-refractivity contribution in [1.29, 1.82) is 0 Å². The van der Waals surface area contributed by atoms with Gasteiger partial charge < -0.3 is 24.3 Å². The van der Waals surface area contributed by atoms with Crippen molar-refractivity contribution in [3.8, 4) is 17.2 Å². The Labute approximate surface area is 148 Å². The van der Waals surface area contributed by atoms with Gasteiger partial charge in [-0.2, -0.15) is 0 Å². The number of nitrogens with one attached hydrogen (secondary N) is 1. The standard InChI is InChI=1S/C18H27NO6/c1-12(2)6-7-19-16(20)11-25-17(21)10-13-8-14(22-3)18(24-5)15(9-13)23-4/h8-9,12H,6-7,10-11H2,1-5H3,(H,19,20). The van der Waals surface area contributed by atoms with Gasteiger partial charge in [0.05, 0.1) is 27.8 Å². The SMILES string of the molecule is COc1cc(CC(=O)OCC(=O)NCCC(C)C)cc(OC)c1OC. The summed E-state index contributed by atoms with van der Waals surface area (Å²) in [5.41, 5.74) is 0.639. The zero-order chi connectivity index (χ0) is 18.8. The lowest BCUT2D eigenvalue weighted by molar-refractivity contribution is -0.147. The zero-order valence-electron chi connectivity index (χ0n) is 15.5. The van der Waals surface area contributed by atoms with E-state index in [2.05, 4.69) is 19.2 Å². The van der Waals surface area contributed by atoms with Crippen LogP contribution in [0.25, 0.3) is 0 Å². The molecule has 0 saturated carbocycles. The van der Waals surface area contributed by atoms with Crippen LogP contribution >= 0.6 is 0 Å². The molecule has 1 aromatic carbocycles. The van der Waals surface area contributed by atoms with E-state index in [-0.39, 0.29) is 18.9 Å². The third-order valence-electron chi connectivity index (χ3n) is 3.48. The van der Waals surface area contributed by atoms with E-state index in [0.717, 1.165) is 6.42 Å². The van der Waals surface area contributed by atoms with Gasteiger partial charge in [0, 0.05) is 6.54 Å². The highest BCUT2D eigenvalue weighted by Gasteiger charge is 2.16. The Bertz CT molecular complexity index is 560. The monoisotopic (exact) mass is 353 g/mol. The second kappa shape index (κ2) is 10.4. The highest BCUT2D eigenvalue weighted by Crippen LogP contribution is 2.38. The van der Waals surface area contributed by atoms with E-state index in [0.29, 0.717) is 35.3 Å². The number of hydrogen-bond donors (Lipinski definition) is 1. The van der Waals surface area contributed by atoms with Crippen molar-refractivity contribution in [2.45, 2.75) is 26.7 Å². The lowest BCUT2D eigenvalue weighted by Crippen LogP contribution is -2.30. The van der Waals surface area contributed by atoms with Gasteiger partial charge >= 0.3 is 5.97 Å². The maximum atomic E-state index is 11.9. The van der Waals surface area contributed by atoms with Crippen molar-refractivity contribution >= 4 is 11.9 Å². The normalized spacial score (nSPS) is 10.3. The van der Waals surface area contributed by atoms with Gasteiger partial charge in [-0.3, -0.25) is 9.59 Å². The maximum absolute atomic E-state index is 11.9. The Morgan fingerprint density at radius 1 is 1.04 bits per heavy atom. The molecule has 0 aliphatic carbocycles. The van der Waals surface area contributed by atoms with Crippen molar-refractivity contribution in [1.82, 2.24) is 5.32 Å². The van der Waals surface area contributed by atoms with Gasteiger partial charge in [-0.25, -0.2) is 0 Å². The summed E-state index contributed by atoms with van der Waals surface area (Å²) in [6.45, 7) is 4.43. The highest BCUT2D eigenvalue weighted by molar-refractivity contribution is 5.81. The smallest absolute Gasteiger partial charge is 0.310 e. The Balaban J connectivity index is 2.58. The average molecular weight is 353 g/mol. The van der Waals surface area contributed by atoms with Crippen LogP contribution in [0.3, 0.4) is 0 Å². The molecule has 0 aromatic heterocycles. The molecule has 0 radical (unpaired) electrons. The van der Waals surface area contributed by atoms with Crippen molar-refractivity contribution in [2.24, 2.45) is 5.92 Å². The van der Waals surface area contributed by atoms with Crippen LogP contribution in [-0.2, 0) is 20.7 Å². The van der Waals surface area contributed by atoms with Gasteiger partial charge in [-0.15, -0.1) is 0 Å². The third-order valence-corrected chi connectivity index (χ3v) is 3.48. The van der Waals surface area contributed by atoms with Crippen LogP contribution in [0.5, 0.6) is 17.2 Å². The molecule has 0 spiro atoms. The molecule has 0 aliphatic rings. The van der Waals surface area contributed by atoms with E-state index in [1.54, 1.807) is 12.1 Å². The minimum Gasteiger partial charge on any atom is -0.493 e. The lowest BCUT2D eigenvalue weighted by atomic mass is 10.1. The molecule has 0 aliphatic heterocycles. The van der Waals surface area contributed by atoms with E-state index in [1.807, 2.05) is 0 Å². The summed E-state index contributed by atoms with van der Waals surface area (Å²) < 4.78 is 20.7. The molecule has 140 valence electrons. The highest BCUT2D eigenvalue weighted by atomic mass is 16.5. The molecule has 25 heavy (non-hydrogen) atoms. The van der Waals surface area contributed by atoms with E-state index < -0.39 is 5.97 Å². The Kier molecular flexibility index (Phi) is 8.60. The number of ether oxygens (including phenoxy) is 4. The zero-order valence-corrected chi connectivity index (χ0v) is 15.5. The summed E-state index contributed by atoms with van der Waals surface area (Å²) in [6, 6.07) is 3.34. The van der Waals surface area contributed by atoms with Gasteiger partial charge in [-0.05, 0) is 30.0 Å². The number of methoxy groups -OCH3 is 3. The van der Waals surface area contributed by atoms with Crippen LogP contribution in [0.4, 0.5) is 0 Å². The molecule has 7 nitrogen and oxygen atoms in total. The predicted molar refractivity (Wildman–Crippen MR) is 93.2 cm³/mol. The number of esters is 1. The topological polar surface area (TPSA) is 83.1 Å². The van der Waals surface area contributed by atoms with Gasteiger partial charge in [0.15, 0.2) is 18.1 Å². The van der Waals surface area contributed by atoms with Crippen molar-refractivity contribution in [3.05, 3.63) is 17.7 Å². The van der Waals surface area contributed by atoms with Gasteiger partial charge in [0.1, 0.15) is 0 Å². The quantitative estimate of drug-likeness (QED) is 0.648. The average Bonchev–Trinajstić information content (AvgIpc) is 2.58. The van der Waals surface area contributed by atoms with Crippen LogP contribution in [0.15, 0.2) is 12.1 Å². The summed E-state index contributed by atoms with van der Waals surface area (Å²) in [4.78, 5) is 23.6. The minimum atomic E-state index is -0.506. The predicted octanol–water partition coefficient (Wildman–Crippen LogP) is 1.96. The molecular weight excluding hydrogens is 326 g/mol. The van der Waals surface area contributed by atoms with Crippen molar-refractivity contribution < 1.29 is 28.5 Å². The summed E-state index contributed by atoms with van der Waals surface area (Å²) in [7, 11) is 4.51. The Morgan fingerprint density at radius 3 is 2.12 bits per heavy atom. The van der Waals surface area contributed by atoms with Crippen LogP contribution in [0.1, 0.15) is 25.8 Å². The van der Waals surface area contributed by atoms with Crippen LogP contribution in [0, 0.1) is 5.92 Å². The summed E-state index contributed by atoms with van der Waals surface area (Å²) in [5.74, 6) is 1.05. The molecule has 1 aromatic rings. The maximum Gasteiger partial charge on any atom is 0.310 e. The second-order valence-corrected chi connectivity index (χ2v) is 5.90. The fraction of sp³-hybridized carbons (Fsp3) is 0.556. The minimum absolute atomic E-state index is 0.00398. The fourth-order valence-electron chi connectivity index (χ4n) is 2.15. The molecule has 0 atom stereocenters. The second-order valence-electron chi connectivity index (χ2n) is 5.90. The molecule has 0 saturated heterocycles. The third kappa shape index (κ3) is 6.91. The molecule has 0 heterocycles. The van der Waals surface area contributed by atoms with Gasteiger partial charge in [-0.1, -0.05) is 13.8 Å². The summed E-state index contributed by atoms with van der Waals surface area (Å²) in [6.07, 6.45) is 0.876. The number of benzene rings is 1. The first-order chi connectivity index (χ1) is 11.9. The molecule has 0 unspecified atom stereocenters. The summed E-state index contributed by atoms with van der Waals surface area (Å²) >= 11 is 0. The van der Waals surface area contributed by atoms with Crippen molar-refractivity contribution in [3.63, 3.8) is 0 Å². The number of amides is 1. The van der Waals surface area contributed by atoms with Crippen LogP contribution < -0.4 is 19.5 Å². The summed E-state index contributed by atoms with van der Waals surface area (Å²) in [5, 5.41) is 2.71. The van der Waals surface area contributed by atoms with Crippen LogP contribution in [-0.4, -0.2) is 46.4 Å². The molecule has 7 heteroatoms. The number of rotatable bonds is 10. The first kappa shape index (κ1) is 20.6. The Hall–Kier alpha value is -2.44. The van der Waals surface area contributed by atoms with E-state index >= 15 is 0 Å². The lowest BCUT2D eigenvalue weighted by Gasteiger charge is -2.14. The molecule has 0 fully saturated rings. The van der Waals surface area contributed by atoms with E-state index in [4.69, 9.17) is 18.9 Å². The number of carbonyl (C=O) groups is 2. The molecular formula is C18H27NO6. The molecule has 1 amide bonds. The first-order valence-electron chi connectivity index (χ1n) is 8.12. The molecule has 1 N–H and O–H groups in total. The van der Waals surface area contributed by atoms with E-state index in [1.165, 1.54) is 21.3 Å². The van der Waals surface area contributed by atoms with Gasteiger partial charge in [0.25, 0.3) is 5.91 Å². The van der Waals surface area contributed by atoms with Crippen LogP contribution in [0.2, 0.25) is 0 Å². The molecule has 1 rings (SSSR count). The molecule has 0 bridgehead atoms. The number of carbonyl (C=O) groups excluding carboxylic acids is 2.